The van der Waals surface area contributed by atoms with Crippen molar-refractivity contribution in [3.63, 3.8) is 0 Å². The van der Waals surface area contributed by atoms with Crippen LogP contribution in [0.15, 0.2) is 36.4 Å². The lowest BCUT2D eigenvalue weighted by molar-refractivity contribution is -0.120. The molecule has 0 aliphatic carbocycles. The Morgan fingerprint density at radius 3 is 2.62 bits per heavy atom. The lowest BCUT2D eigenvalue weighted by Crippen LogP contribution is -2.44. The first-order chi connectivity index (χ1) is 13.7. The smallest absolute Gasteiger partial charge is 0.228 e. The third-order valence-corrected chi connectivity index (χ3v) is 7.69. The maximum atomic E-state index is 12.9. The van der Waals surface area contributed by atoms with Crippen molar-refractivity contribution < 1.29 is 13.2 Å². The van der Waals surface area contributed by atoms with Crippen molar-refractivity contribution in [2.24, 2.45) is 5.92 Å². The van der Waals surface area contributed by atoms with E-state index in [1.807, 2.05) is 32.0 Å². The highest BCUT2D eigenvalue weighted by Gasteiger charge is 2.32. The van der Waals surface area contributed by atoms with Gasteiger partial charge < -0.3 is 5.32 Å². The summed E-state index contributed by atoms with van der Waals surface area (Å²) in [6, 6.07) is 10.7. The fraction of sp³-hybridized carbons (Fsp3) is 0.381. The minimum absolute atomic E-state index is 0.145. The number of halogens is 2. The normalized spacial score (nSPS) is 17.9. The van der Waals surface area contributed by atoms with E-state index in [0.29, 0.717) is 35.0 Å². The number of benzene rings is 2. The molecule has 8 heteroatoms. The van der Waals surface area contributed by atoms with Gasteiger partial charge in [-0.05, 0) is 61.6 Å². The Labute approximate surface area is 182 Å². The van der Waals surface area contributed by atoms with Crippen molar-refractivity contribution in [2.45, 2.75) is 32.4 Å². The van der Waals surface area contributed by atoms with Gasteiger partial charge >= 0.3 is 0 Å². The van der Waals surface area contributed by atoms with Crippen molar-refractivity contribution in [2.75, 3.05) is 18.4 Å². The number of nitrogens with one attached hydrogen (secondary N) is 1. The summed E-state index contributed by atoms with van der Waals surface area (Å²) in [5.41, 5.74) is 3.37. The average molecular weight is 455 g/mol. The van der Waals surface area contributed by atoms with Crippen LogP contribution >= 0.6 is 23.2 Å². The van der Waals surface area contributed by atoms with E-state index < -0.39 is 10.0 Å². The van der Waals surface area contributed by atoms with Crippen LogP contribution in [0, 0.1) is 19.8 Å². The van der Waals surface area contributed by atoms with E-state index in [9.17, 15) is 13.2 Å². The molecule has 1 aliphatic heterocycles. The number of anilines is 1. The third kappa shape index (κ3) is 5.51. The van der Waals surface area contributed by atoms with Gasteiger partial charge in [-0.1, -0.05) is 41.4 Å². The highest BCUT2D eigenvalue weighted by molar-refractivity contribution is 7.88. The number of aryl methyl sites for hydroxylation is 2. The van der Waals surface area contributed by atoms with E-state index in [-0.39, 0.29) is 24.1 Å². The minimum atomic E-state index is -3.57. The van der Waals surface area contributed by atoms with Crippen LogP contribution < -0.4 is 5.32 Å². The van der Waals surface area contributed by atoms with Crippen molar-refractivity contribution in [3.8, 4) is 0 Å². The van der Waals surface area contributed by atoms with Crippen LogP contribution in [0.25, 0.3) is 0 Å². The van der Waals surface area contributed by atoms with Gasteiger partial charge in [0.15, 0.2) is 0 Å². The van der Waals surface area contributed by atoms with Crippen molar-refractivity contribution in [3.05, 3.63) is 63.1 Å². The van der Waals surface area contributed by atoms with Crippen LogP contribution in [0.1, 0.15) is 29.5 Å². The van der Waals surface area contributed by atoms with E-state index in [2.05, 4.69) is 5.32 Å². The molecule has 0 aromatic heterocycles. The summed E-state index contributed by atoms with van der Waals surface area (Å²) in [6.07, 6.45) is 1.31. The van der Waals surface area contributed by atoms with Gasteiger partial charge in [0.05, 0.1) is 21.7 Å². The van der Waals surface area contributed by atoms with Crippen molar-refractivity contribution in [1.82, 2.24) is 4.31 Å². The van der Waals surface area contributed by atoms with Gasteiger partial charge in [-0.3, -0.25) is 4.79 Å². The summed E-state index contributed by atoms with van der Waals surface area (Å²) in [5.74, 6) is -0.699. The van der Waals surface area contributed by atoms with Crippen LogP contribution in [0.3, 0.4) is 0 Å². The molecule has 0 radical (unpaired) electrons. The Morgan fingerprint density at radius 2 is 1.90 bits per heavy atom. The first-order valence-corrected chi connectivity index (χ1v) is 11.8. The summed E-state index contributed by atoms with van der Waals surface area (Å²) in [7, 11) is -3.57. The predicted octanol–water partition coefficient (Wildman–Crippen LogP) is 4.79. The summed E-state index contributed by atoms with van der Waals surface area (Å²) >= 11 is 11.9. The fourth-order valence-corrected chi connectivity index (χ4v) is 5.36. The van der Waals surface area contributed by atoms with Crippen LogP contribution in [0.5, 0.6) is 0 Å². The van der Waals surface area contributed by atoms with Crippen molar-refractivity contribution >= 4 is 44.8 Å². The highest BCUT2D eigenvalue weighted by atomic mass is 35.5. The average Bonchev–Trinajstić information content (AvgIpc) is 2.67. The zero-order chi connectivity index (χ0) is 21.2. The minimum Gasteiger partial charge on any atom is -0.326 e. The quantitative estimate of drug-likeness (QED) is 0.705. The second kappa shape index (κ2) is 9.04. The fourth-order valence-electron chi connectivity index (χ4n) is 3.45. The number of rotatable bonds is 5. The van der Waals surface area contributed by atoms with E-state index in [1.165, 1.54) is 4.31 Å². The monoisotopic (exact) mass is 454 g/mol. The van der Waals surface area contributed by atoms with E-state index in [1.54, 1.807) is 18.2 Å². The number of piperidine rings is 1. The molecular weight excluding hydrogens is 431 g/mol. The summed E-state index contributed by atoms with van der Waals surface area (Å²) < 4.78 is 27.2. The number of nitrogens with zero attached hydrogens (tertiary/aromatic N) is 1. The third-order valence-electron chi connectivity index (χ3n) is 5.13. The Hall–Kier alpha value is -1.60. The number of amides is 1. The molecule has 2 aromatic rings. The highest BCUT2D eigenvalue weighted by Crippen LogP contribution is 2.27. The lowest BCUT2D eigenvalue weighted by atomic mass is 9.98. The zero-order valence-electron chi connectivity index (χ0n) is 16.4. The van der Waals surface area contributed by atoms with Gasteiger partial charge in [0.1, 0.15) is 0 Å². The number of hydrogen-bond acceptors (Lipinski definition) is 3. The maximum absolute atomic E-state index is 12.9. The molecule has 0 spiro atoms. The summed E-state index contributed by atoms with van der Waals surface area (Å²) in [6.45, 7) is 4.49. The largest absolute Gasteiger partial charge is 0.326 e. The second-order valence-electron chi connectivity index (χ2n) is 7.51. The van der Waals surface area contributed by atoms with Crippen LogP contribution in [0.4, 0.5) is 5.69 Å². The van der Waals surface area contributed by atoms with Gasteiger partial charge in [-0.15, -0.1) is 0 Å². The van der Waals surface area contributed by atoms with Crippen molar-refractivity contribution in [1.29, 1.82) is 0 Å². The molecule has 0 saturated carbocycles. The molecule has 3 rings (SSSR count). The molecule has 1 saturated heterocycles. The number of hydrogen-bond donors (Lipinski definition) is 1. The van der Waals surface area contributed by atoms with E-state index >= 15 is 0 Å². The molecule has 1 amide bonds. The maximum Gasteiger partial charge on any atom is 0.228 e. The molecule has 1 aliphatic rings. The first kappa shape index (κ1) is 22.1. The van der Waals surface area contributed by atoms with Gasteiger partial charge in [0.25, 0.3) is 0 Å². The van der Waals surface area contributed by atoms with E-state index in [0.717, 1.165) is 16.8 Å². The summed E-state index contributed by atoms with van der Waals surface area (Å²) in [5, 5.41) is 3.67. The summed E-state index contributed by atoms with van der Waals surface area (Å²) in [4.78, 5) is 12.8. The van der Waals surface area contributed by atoms with Gasteiger partial charge in [-0.25, -0.2) is 12.7 Å². The van der Waals surface area contributed by atoms with Crippen LogP contribution in [-0.2, 0) is 20.6 Å². The molecule has 2 aromatic carbocycles. The van der Waals surface area contributed by atoms with E-state index in [4.69, 9.17) is 23.2 Å². The molecule has 1 atom stereocenters. The Morgan fingerprint density at radius 1 is 1.14 bits per heavy atom. The lowest BCUT2D eigenvalue weighted by Gasteiger charge is -2.31. The Balaban J connectivity index is 1.69. The van der Waals surface area contributed by atoms with Crippen LogP contribution in [0.2, 0.25) is 10.0 Å². The zero-order valence-corrected chi connectivity index (χ0v) is 18.7. The molecule has 29 heavy (non-hydrogen) atoms. The topological polar surface area (TPSA) is 66.5 Å². The second-order valence-corrected chi connectivity index (χ2v) is 10.3. The first-order valence-electron chi connectivity index (χ1n) is 9.45. The Kier molecular flexibility index (Phi) is 6.89. The predicted molar refractivity (Wildman–Crippen MR) is 118 cm³/mol. The number of sulfonamides is 1. The molecule has 0 bridgehead atoms. The SMILES string of the molecule is Cc1ccc(C)c(NC(=O)[C@@H]2CCCN(S(=O)(=O)Cc3ccc(Cl)c(Cl)c3)C2)c1. The van der Waals surface area contributed by atoms with Gasteiger partial charge in [0.2, 0.25) is 15.9 Å². The molecular formula is C21H24Cl2N2O3S. The van der Waals surface area contributed by atoms with Gasteiger partial charge in [-0.2, -0.15) is 0 Å². The molecule has 1 heterocycles. The molecule has 1 fully saturated rings. The number of carbonyl (C=O) groups excluding carboxylic acids is 1. The molecule has 0 unspecified atom stereocenters. The Bertz CT molecular complexity index is 1020. The van der Waals surface area contributed by atoms with Crippen LogP contribution in [-0.4, -0.2) is 31.7 Å². The molecule has 1 N–H and O–H groups in total. The van der Waals surface area contributed by atoms with Gasteiger partial charge in [0, 0.05) is 18.8 Å². The standard InChI is InChI=1S/C21H24Cl2N2O3S/c1-14-5-6-15(2)20(10-14)24-21(26)17-4-3-9-25(12-17)29(27,28)13-16-7-8-18(22)19(23)11-16/h5-8,10-11,17H,3-4,9,12-13H2,1-2H3,(H,24,26)/t17-/m1/s1. The number of carbonyl (C=O) groups is 1. The molecule has 156 valence electrons. The molecule has 5 nitrogen and oxygen atoms in total.